The largest absolute Gasteiger partial charge is 0.406 e. The molecule has 20 heavy (non-hydrogen) atoms. The lowest BCUT2D eigenvalue weighted by atomic mass is 10.2. The van der Waals surface area contributed by atoms with Gasteiger partial charge < -0.3 is 10.3 Å². The zero-order valence-corrected chi connectivity index (χ0v) is 12.4. The maximum absolute atomic E-state index is 12.5. The summed E-state index contributed by atoms with van der Waals surface area (Å²) in [7, 11) is 0. The van der Waals surface area contributed by atoms with Gasteiger partial charge in [-0.25, -0.2) is 10.8 Å². The normalized spacial score (nSPS) is 11.6. The number of amides is 1. The molecular formula is C11H14BrF3N4O. The number of anilines is 1. The van der Waals surface area contributed by atoms with Crippen molar-refractivity contribution in [1.82, 2.24) is 9.88 Å². The Kier molecular flexibility index (Phi) is 5.35. The van der Waals surface area contributed by atoms with E-state index in [1.165, 1.54) is 26.1 Å². The fourth-order valence-corrected chi connectivity index (χ4v) is 1.89. The monoisotopic (exact) mass is 354 g/mol. The van der Waals surface area contributed by atoms with Crippen molar-refractivity contribution in [2.24, 2.45) is 5.84 Å². The van der Waals surface area contributed by atoms with Crippen LogP contribution < -0.4 is 11.3 Å². The highest BCUT2D eigenvalue weighted by Gasteiger charge is 2.35. The Bertz CT molecular complexity index is 493. The number of carbonyl (C=O) groups excluding carboxylic acids is 1. The molecule has 112 valence electrons. The van der Waals surface area contributed by atoms with E-state index in [0.717, 1.165) is 0 Å². The highest BCUT2D eigenvalue weighted by atomic mass is 79.9. The molecule has 1 heterocycles. The molecule has 1 aromatic heterocycles. The van der Waals surface area contributed by atoms with Gasteiger partial charge in [-0.05, 0) is 35.8 Å². The van der Waals surface area contributed by atoms with Gasteiger partial charge in [0.15, 0.2) is 5.82 Å². The SMILES string of the molecule is CC(C)N(CC(F)(F)F)C(=O)c1cc(Br)cnc1NN. The van der Waals surface area contributed by atoms with Gasteiger partial charge in [0.2, 0.25) is 0 Å². The number of pyridine rings is 1. The van der Waals surface area contributed by atoms with Crippen LogP contribution in [-0.2, 0) is 0 Å². The molecule has 0 bridgehead atoms. The van der Waals surface area contributed by atoms with Gasteiger partial charge in [0.05, 0.1) is 5.56 Å². The molecule has 0 fully saturated rings. The van der Waals surface area contributed by atoms with Gasteiger partial charge in [-0.1, -0.05) is 0 Å². The number of carbonyl (C=O) groups is 1. The lowest BCUT2D eigenvalue weighted by molar-refractivity contribution is -0.143. The van der Waals surface area contributed by atoms with Crippen LogP contribution in [0.5, 0.6) is 0 Å². The molecule has 9 heteroatoms. The number of aromatic nitrogens is 1. The third-order valence-electron chi connectivity index (χ3n) is 2.46. The average molecular weight is 355 g/mol. The van der Waals surface area contributed by atoms with E-state index < -0.39 is 24.7 Å². The summed E-state index contributed by atoms with van der Waals surface area (Å²) < 4.78 is 38.1. The van der Waals surface area contributed by atoms with Crippen LogP contribution in [0.15, 0.2) is 16.7 Å². The number of hydrogen-bond acceptors (Lipinski definition) is 4. The molecule has 0 atom stereocenters. The first kappa shape index (κ1) is 16.7. The van der Waals surface area contributed by atoms with Crippen molar-refractivity contribution in [3.63, 3.8) is 0 Å². The van der Waals surface area contributed by atoms with Gasteiger partial charge in [0, 0.05) is 16.7 Å². The van der Waals surface area contributed by atoms with Crippen LogP contribution in [0.4, 0.5) is 19.0 Å². The Morgan fingerprint density at radius 3 is 2.60 bits per heavy atom. The van der Waals surface area contributed by atoms with Crippen molar-refractivity contribution >= 4 is 27.7 Å². The second-order valence-corrected chi connectivity index (χ2v) is 5.25. The van der Waals surface area contributed by atoms with Crippen LogP contribution >= 0.6 is 15.9 Å². The predicted molar refractivity (Wildman–Crippen MR) is 72.0 cm³/mol. The Hall–Kier alpha value is -1.35. The minimum atomic E-state index is -4.48. The van der Waals surface area contributed by atoms with E-state index in [1.807, 2.05) is 0 Å². The smallest absolute Gasteiger partial charge is 0.327 e. The van der Waals surface area contributed by atoms with Gasteiger partial charge in [-0.2, -0.15) is 13.2 Å². The molecule has 0 saturated heterocycles. The Balaban J connectivity index is 3.16. The van der Waals surface area contributed by atoms with E-state index >= 15 is 0 Å². The van der Waals surface area contributed by atoms with Crippen LogP contribution in [0.3, 0.4) is 0 Å². The molecule has 0 spiro atoms. The molecular weight excluding hydrogens is 341 g/mol. The summed E-state index contributed by atoms with van der Waals surface area (Å²) in [4.78, 5) is 16.8. The van der Waals surface area contributed by atoms with Crippen LogP contribution in [-0.4, -0.2) is 34.6 Å². The molecule has 0 aromatic carbocycles. The van der Waals surface area contributed by atoms with Crippen LogP contribution in [0, 0.1) is 0 Å². The first-order chi connectivity index (χ1) is 9.15. The zero-order valence-electron chi connectivity index (χ0n) is 10.8. The number of nitrogens with zero attached hydrogens (tertiary/aromatic N) is 2. The Morgan fingerprint density at radius 1 is 1.55 bits per heavy atom. The summed E-state index contributed by atoms with van der Waals surface area (Å²) in [5.74, 6) is 4.45. The molecule has 0 aliphatic rings. The zero-order chi connectivity index (χ0) is 15.5. The Labute approximate surface area is 122 Å². The van der Waals surface area contributed by atoms with Gasteiger partial charge in [0.25, 0.3) is 5.91 Å². The highest BCUT2D eigenvalue weighted by molar-refractivity contribution is 9.10. The summed E-state index contributed by atoms with van der Waals surface area (Å²) >= 11 is 3.12. The number of nitrogen functional groups attached to an aromatic ring is 1. The number of hydrogen-bond donors (Lipinski definition) is 2. The van der Waals surface area contributed by atoms with Crippen molar-refractivity contribution in [2.45, 2.75) is 26.1 Å². The topological polar surface area (TPSA) is 71.2 Å². The standard InChI is InChI=1S/C11H14BrF3N4O/c1-6(2)19(5-11(13,14)15)10(20)8-3-7(12)4-17-9(8)18-16/h3-4,6H,5,16H2,1-2H3,(H,17,18). The van der Waals surface area contributed by atoms with Gasteiger partial charge in [0.1, 0.15) is 6.54 Å². The van der Waals surface area contributed by atoms with Gasteiger partial charge in [-0.15, -0.1) is 0 Å². The van der Waals surface area contributed by atoms with Crippen LogP contribution in [0.25, 0.3) is 0 Å². The van der Waals surface area contributed by atoms with E-state index in [9.17, 15) is 18.0 Å². The van der Waals surface area contributed by atoms with E-state index in [4.69, 9.17) is 5.84 Å². The van der Waals surface area contributed by atoms with Gasteiger partial charge >= 0.3 is 6.18 Å². The molecule has 5 nitrogen and oxygen atoms in total. The van der Waals surface area contributed by atoms with Gasteiger partial charge in [-0.3, -0.25) is 4.79 Å². The molecule has 1 aromatic rings. The second kappa shape index (κ2) is 6.40. The summed E-state index contributed by atoms with van der Waals surface area (Å²) in [6, 6.07) is 0.754. The maximum atomic E-state index is 12.5. The maximum Gasteiger partial charge on any atom is 0.406 e. The summed E-state index contributed by atoms with van der Waals surface area (Å²) in [6.45, 7) is 1.68. The molecule has 0 aliphatic carbocycles. The molecule has 3 N–H and O–H groups in total. The fraction of sp³-hybridized carbons (Fsp3) is 0.455. The van der Waals surface area contributed by atoms with E-state index in [0.29, 0.717) is 9.37 Å². The number of nitrogens with one attached hydrogen (secondary N) is 1. The molecule has 0 unspecified atom stereocenters. The third kappa shape index (κ3) is 4.34. The molecule has 1 amide bonds. The molecule has 0 saturated carbocycles. The average Bonchev–Trinajstić information content (AvgIpc) is 2.33. The van der Waals surface area contributed by atoms with Crippen LogP contribution in [0.2, 0.25) is 0 Å². The summed E-state index contributed by atoms with van der Waals surface area (Å²) in [5, 5.41) is 0. The van der Waals surface area contributed by atoms with E-state index in [-0.39, 0.29) is 11.4 Å². The summed E-state index contributed by atoms with van der Waals surface area (Å²) in [5.41, 5.74) is 2.17. The van der Waals surface area contributed by atoms with Crippen molar-refractivity contribution < 1.29 is 18.0 Å². The minimum Gasteiger partial charge on any atom is -0.327 e. The lowest BCUT2D eigenvalue weighted by Crippen LogP contribution is -2.43. The first-order valence-electron chi connectivity index (χ1n) is 5.65. The highest BCUT2D eigenvalue weighted by Crippen LogP contribution is 2.23. The van der Waals surface area contributed by atoms with E-state index in [1.54, 1.807) is 0 Å². The first-order valence-corrected chi connectivity index (χ1v) is 6.45. The van der Waals surface area contributed by atoms with Crippen molar-refractivity contribution in [1.29, 1.82) is 0 Å². The van der Waals surface area contributed by atoms with Crippen molar-refractivity contribution in [2.75, 3.05) is 12.0 Å². The van der Waals surface area contributed by atoms with Crippen molar-refractivity contribution in [3.05, 3.63) is 22.3 Å². The number of halogens is 4. The fourth-order valence-electron chi connectivity index (χ4n) is 1.55. The number of rotatable bonds is 4. The quantitative estimate of drug-likeness (QED) is 0.643. The predicted octanol–water partition coefficient (Wildman–Crippen LogP) is 2.54. The Morgan fingerprint density at radius 2 is 2.15 bits per heavy atom. The molecule has 0 radical (unpaired) electrons. The molecule has 1 rings (SSSR count). The number of nitrogens with two attached hydrogens (primary N) is 1. The third-order valence-corrected chi connectivity index (χ3v) is 2.89. The number of alkyl halides is 3. The van der Waals surface area contributed by atoms with Crippen LogP contribution in [0.1, 0.15) is 24.2 Å². The van der Waals surface area contributed by atoms with Crippen molar-refractivity contribution in [3.8, 4) is 0 Å². The van der Waals surface area contributed by atoms with E-state index in [2.05, 4.69) is 26.3 Å². The summed E-state index contributed by atoms with van der Waals surface area (Å²) in [6.07, 6.45) is -3.09. The number of hydrazine groups is 1. The lowest BCUT2D eigenvalue weighted by Gasteiger charge is -2.28. The molecule has 0 aliphatic heterocycles. The minimum absolute atomic E-state index is 0.0195. The second-order valence-electron chi connectivity index (χ2n) is 4.34.